The number of benzene rings is 1. The van der Waals surface area contributed by atoms with Crippen LogP contribution in [0.5, 0.6) is 11.6 Å². The maximum absolute atomic E-state index is 12.9. The van der Waals surface area contributed by atoms with Gasteiger partial charge in [0.1, 0.15) is 11.6 Å². The van der Waals surface area contributed by atoms with Crippen LogP contribution in [0.2, 0.25) is 0 Å². The minimum atomic E-state index is -0.340. The Labute approximate surface area is 162 Å². The van der Waals surface area contributed by atoms with Crippen LogP contribution in [0.4, 0.5) is 4.39 Å². The summed E-state index contributed by atoms with van der Waals surface area (Å²) in [4.78, 5) is 23.1. The molecule has 28 heavy (non-hydrogen) atoms. The number of aromatic nitrogens is 1. The normalized spacial score (nSPS) is 15.4. The maximum atomic E-state index is 12.9. The molecule has 2 aromatic rings. The van der Waals surface area contributed by atoms with Gasteiger partial charge in [0.05, 0.1) is 0 Å². The summed E-state index contributed by atoms with van der Waals surface area (Å²) < 4.78 is 18.4. The number of hydrogen-bond donors (Lipinski definition) is 1. The molecular weight excluding hydrogens is 363 g/mol. The second-order valence-electron chi connectivity index (χ2n) is 6.75. The summed E-state index contributed by atoms with van der Waals surface area (Å²) >= 11 is 0. The average Bonchev–Trinajstić information content (AvgIpc) is 2.70. The highest BCUT2D eigenvalue weighted by atomic mass is 19.1. The third-order valence-corrected chi connectivity index (χ3v) is 4.56. The Bertz CT molecular complexity index is 816. The summed E-state index contributed by atoms with van der Waals surface area (Å²) in [6, 6.07) is 8.90. The highest BCUT2D eigenvalue weighted by molar-refractivity contribution is 5.96. The van der Waals surface area contributed by atoms with Gasteiger partial charge in [-0.1, -0.05) is 12.1 Å². The smallest absolute Gasteiger partial charge is 0.263 e. The topological polar surface area (TPSA) is 90.0 Å². The monoisotopic (exact) mass is 386 g/mol. The van der Waals surface area contributed by atoms with E-state index in [0.717, 1.165) is 25.9 Å². The lowest BCUT2D eigenvalue weighted by atomic mass is 9.99. The Hall–Kier alpha value is -3.16. The molecule has 1 amide bonds. The number of rotatable bonds is 6. The zero-order valence-corrected chi connectivity index (χ0v) is 15.7. The minimum Gasteiger partial charge on any atom is -0.439 e. The first-order valence-corrected chi connectivity index (χ1v) is 9.14. The molecule has 1 aromatic carbocycles. The predicted octanol–water partition coefficient (Wildman–Crippen LogP) is 2.91. The van der Waals surface area contributed by atoms with E-state index in [-0.39, 0.29) is 24.2 Å². The van der Waals surface area contributed by atoms with Crippen molar-refractivity contribution in [1.82, 2.24) is 9.88 Å². The van der Waals surface area contributed by atoms with Crippen molar-refractivity contribution >= 4 is 11.7 Å². The number of oxime groups is 1. The van der Waals surface area contributed by atoms with Crippen molar-refractivity contribution in [1.29, 1.82) is 0 Å². The lowest BCUT2D eigenvalue weighted by molar-refractivity contribution is -0.137. The molecule has 1 saturated heterocycles. The van der Waals surface area contributed by atoms with Gasteiger partial charge in [-0.05, 0) is 49.1 Å². The maximum Gasteiger partial charge on any atom is 0.263 e. The van der Waals surface area contributed by atoms with Crippen LogP contribution < -0.4 is 10.5 Å². The summed E-state index contributed by atoms with van der Waals surface area (Å²) in [5.41, 5.74) is 6.41. The first kappa shape index (κ1) is 19.6. The molecule has 148 valence electrons. The highest BCUT2D eigenvalue weighted by Crippen LogP contribution is 2.19. The van der Waals surface area contributed by atoms with Gasteiger partial charge < -0.3 is 20.2 Å². The van der Waals surface area contributed by atoms with Crippen molar-refractivity contribution in [3.8, 4) is 11.6 Å². The molecule has 1 aromatic heterocycles. The summed E-state index contributed by atoms with van der Waals surface area (Å²) in [5.74, 6) is 1.13. The van der Waals surface area contributed by atoms with Crippen LogP contribution in [0.1, 0.15) is 25.3 Å². The van der Waals surface area contributed by atoms with Crippen molar-refractivity contribution in [3.63, 3.8) is 0 Å². The van der Waals surface area contributed by atoms with Gasteiger partial charge in [0, 0.05) is 30.9 Å². The van der Waals surface area contributed by atoms with Gasteiger partial charge in [-0.25, -0.2) is 9.37 Å². The molecule has 8 heteroatoms. The van der Waals surface area contributed by atoms with E-state index in [1.807, 2.05) is 0 Å². The number of amides is 1. The fourth-order valence-electron chi connectivity index (χ4n) is 2.77. The van der Waals surface area contributed by atoms with E-state index in [0.29, 0.717) is 23.1 Å². The number of piperidine rings is 1. The Morgan fingerprint density at radius 3 is 2.61 bits per heavy atom. The average molecular weight is 386 g/mol. The predicted molar refractivity (Wildman–Crippen MR) is 102 cm³/mol. The van der Waals surface area contributed by atoms with Crippen LogP contribution in [0, 0.1) is 11.7 Å². The van der Waals surface area contributed by atoms with E-state index in [9.17, 15) is 9.18 Å². The van der Waals surface area contributed by atoms with Crippen LogP contribution >= 0.6 is 0 Å². The Balaban J connectivity index is 1.50. The van der Waals surface area contributed by atoms with Crippen molar-refractivity contribution in [2.45, 2.75) is 19.8 Å². The van der Waals surface area contributed by atoms with Crippen LogP contribution in [-0.4, -0.2) is 41.3 Å². The van der Waals surface area contributed by atoms with Gasteiger partial charge >= 0.3 is 0 Å². The Morgan fingerprint density at radius 2 is 1.96 bits per heavy atom. The molecule has 0 aliphatic carbocycles. The molecule has 2 N–H and O–H groups in total. The molecule has 0 bridgehead atoms. The molecule has 1 fully saturated rings. The molecule has 0 radical (unpaired) electrons. The van der Waals surface area contributed by atoms with E-state index >= 15 is 0 Å². The van der Waals surface area contributed by atoms with Crippen molar-refractivity contribution in [2.24, 2.45) is 16.8 Å². The fourth-order valence-corrected chi connectivity index (χ4v) is 2.77. The van der Waals surface area contributed by atoms with Gasteiger partial charge in [0.15, 0.2) is 12.4 Å². The Morgan fingerprint density at radius 1 is 1.25 bits per heavy atom. The van der Waals surface area contributed by atoms with E-state index in [1.54, 1.807) is 17.0 Å². The third kappa shape index (κ3) is 5.42. The first-order chi connectivity index (χ1) is 13.5. The summed E-state index contributed by atoms with van der Waals surface area (Å²) in [6.45, 7) is 3.55. The minimum absolute atomic E-state index is 0.0929. The van der Waals surface area contributed by atoms with Crippen LogP contribution in [0.25, 0.3) is 0 Å². The molecular formula is C20H23FN4O3. The molecule has 0 atom stereocenters. The largest absolute Gasteiger partial charge is 0.439 e. The number of pyridine rings is 1. The molecule has 0 spiro atoms. The number of nitrogens with two attached hydrogens (primary N) is 1. The standard InChI is InChI=1S/C20H23FN4O3/c1-14-8-10-25(11-9-14)19(26)13-27-24-20(22)15-2-7-18(23-12-15)28-17-5-3-16(21)4-6-17/h2-7,12,14H,8-11,13H2,1H3,(H2,22,24). The number of halogens is 1. The molecule has 7 nitrogen and oxygen atoms in total. The van der Waals surface area contributed by atoms with Gasteiger partial charge in [-0.3, -0.25) is 4.79 Å². The summed E-state index contributed by atoms with van der Waals surface area (Å²) in [5, 5.41) is 3.79. The Kier molecular flexibility index (Phi) is 6.41. The molecule has 1 aliphatic heterocycles. The second kappa shape index (κ2) is 9.16. The van der Waals surface area contributed by atoms with Crippen molar-refractivity contribution in [2.75, 3.05) is 19.7 Å². The van der Waals surface area contributed by atoms with Gasteiger partial charge in [-0.15, -0.1) is 0 Å². The highest BCUT2D eigenvalue weighted by Gasteiger charge is 2.20. The summed E-state index contributed by atoms with van der Waals surface area (Å²) in [6.07, 6.45) is 3.50. The number of nitrogens with zero attached hydrogens (tertiary/aromatic N) is 3. The summed E-state index contributed by atoms with van der Waals surface area (Å²) in [7, 11) is 0. The van der Waals surface area contributed by atoms with Crippen LogP contribution in [0.3, 0.4) is 0 Å². The molecule has 0 saturated carbocycles. The van der Waals surface area contributed by atoms with E-state index in [2.05, 4.69) is 17.1 Å². The van der Waals surface area contributed by atoms with Crippen molar-refractivity contribution in [3.05, 3.63) is 54.0 Å². The fraction of sp³-hybridized carbons (Fsp3) is 0.350. The van der Waals surface area contributed by atoms with Gasteiger partial charge in [-0.2, -0.15) is 0 Å². The lowest BCUT2D eigenvalue weighted by Gasteiger charge is -2.29. The SMILES string of the molecule is CC1CCN(C(=O)CON=C(N)c2ccc(Oc3ccc(F)cc3)nc2)CC1. The first-order valence-electron chi connectivity index (χ1n) is 9.14. The van der Waals surface area contributed by atoms with Crippen LogP contribution in [0.15, 0.2) is 47.8 Å². The molecule has 3 rings (SSSR count). The third-order valence-electron chi connectivity index (χ3n) is 4.56. The van der Waals surface area contributed by atoms with Crippen LogP contribution in [-0.2, 0) is 9.63 Å². The van der Waals surface area contributed by atoms with E-state index in [1.165, 1.54) is 30.5 Å². The van der Waals surface area contributed by atoms with Crippen molar-refractivity contribution < 1.29 is 18.8 Å². The van der Waals surface area contributed by atoms with Gasteiger partial charge in [0.25, 0.3) is 5.91 Å². The number of amidine groups is 1. The number of carbonyl (C=O) groups excluding carboxylic acids is 1. The molecule has 1 aliphatic rings. The molecule has 0 unspecified atom stereocenters. The second-order valence-corrected chi connectivity index (χ2v) is 6.75. The number of carbonyl (C=O) groups is 1. The van der Waals surface area contributed by atoms with Gasteiger partial charge in [0.2, 0.25) is 5.88 Å². The lowest BCUT2D eigenvalue weighted by Crippen LogP contribution is -2.39. The number of hydrogen-bond acceptors (Lipinski definition) is 5. The molecule has 2 heterocycles. The van der Waals surface area contributed by atoms with E-state index in [4.69, 9.17) is 15.3 Å². The zero-order valence-electron chi connectivity index (χ0n) is 15.7. The number of ether oxygens (including phenoxy) is 1. The quantitative estimate of drug-likeness (QED) is 0.468. The van der Waals surface area contributed by atoms with E-state index < -0.39 is 0 Å². The number of likely N-dealkylation sites (tertiary alicyclic amines) is 1. The zero-order chi connectivity index (χ0) is 19.9.